The standard InChI is InChI=1S/C24H29ClN8O/c1-16-11-26-12-21(27-16)32-8-6-17(7-9-32)24-29-28-22-14-31(15-23(34)30(2)3)13-18-10-19(25)4-5-20(18)33(22)24/h4-5,10-12,17H,6-9,13-15H2,1-3H3. The SMILES string of the molecule is Cc1cncc(N2CCC(c3nnc4n3-c3ccc(Cl)cc3CN(CC(=O)N(C)C)C4)CC2)n1. The van der Waals surface area contributed by atoms with Crippen LogP contribution in [0.25, 0.3) is 5.69 Å². The average Bonchev–Trinajstić information content (AvgIpc) is 3.15. The number of hydrogen-bond acceptors (Lipinski definition) is 7. The van der Waals surface area contributed by atoms with Gasteiger partial charge in [0, 0.05) is 50.9 Å². The molecular formula is C24H29ClN8O. The molecule has 2 aliphatic rings. The van der Waals surface area contributed by atoms with Gasteiger partial charge in [-0.15, -0.1) is 10.2 Å². The van der Waals surface area contributed by atoms with Crippen LogP contribution in [0.15, 0.2) is 30.6 Å². The summed E-state index contributed by atoms with van der Waals surface area (Å²) in [7, 11) is 3.56. The summed E-state index contributed by atoms with van der Waals surface area (Å²) >= 11 is 6.36. The summed E-state index contributed by atoms with van der Waals surface area (Å²) in [6, 6.07) is 5.94. The van der Waals surface area contributed by atoms with Gasteiger partial charge in [-0.25, -0.2) is 4.98 Å². The van der Waals surface area contributed by atoms with E-state index in [1.807, 2.05) is 31.3 Å². The topological polar surface area (TPSA) is 83.3 Å². The molecule has 0 unspecified atom stereocenters. The highest BCUT2D eigenvalue weighted by molar-refractivity contribution is 6.30. The predicted octanol–water partition coefficient (Wildman–Crippen LogP) is 2.81. The van der Waals surface area contributed by atoms with Crippen molar-refractivity contribution in [3.63, 3.8) is 0 Å². The number of amides is 1. The molecule has 3 aromatic rings. The number of likely N-dealkylation sites (N-methyl/N-ethyl adjacent to an activating group) is 1. The molecule has 0 saturated carbocycles. The first-order valence-corrected chi connectivity index (χ1v) is 12.0. The maximum Gasteiger partial charge on any atom is 0.236 e. The Morgan fingerprint density at radius 1 is 1.15 bits per heavy atom. The minimum absolute atomic E-state index is 0.0587. The highest BCUT2D eigenvalue weighted by Crippen LogP contribution is 2.34. The molecule has 0 N–H and O–H groups in total. The van der Waals surface area contributed by atoms with Crippen LogP contribution >= 0.6 is 11.6 Å². The number of piperidine rings is 1. The quantitative estimate of drug-likeness (QED) is 0.567. The first-order valence-electron chi connectivity index (χ1n) is 11.6. The fourth-order valence-electron chi connectivity index (χ4n) is 4.77. The fourth-order valence-corrected chi connectivity index (χ4v) is 4.96. The average molecular weight is 481 g/mol. The highest BCUT2D eigenvalue weighted by atomic mass is 35.5. The lowest BCUT2D eigenvalue weighted by Crippen LogP contribution is -2.35. The van der Waals surface area contributed by atoms with Gasteiger partial charge in [0.05, 0.1) is 30.7 Å². The van der Waals surface area contributed by atoms with Crippen molar-refractivity contribution in [3.05, 3.63) is 58.5 Å². The summed E-state index contributed by atoms with van der Waals surface area (Å²) in [6.07, 6.45) is 5.53. The van der Waals surface area contributed by atoms with Gasteiger partial charge >= 0.3 is 0 Å². The summed E-state index contributed by atoms with van der Waals surface area (Å²) in [5, 5.41) is 9.92. The van der Waals surface area contributed by atoms with Gasteiger partial charge in [0.1, 0.15) is 11.6 Å². The van der Waals surface area contributed by atoms with Crippen molar-refractivity contribution in [2.24, 2.45) is 0 Å². The number of rotatable bonds is 4. The van der Waals surface area contributed by atoms with Crippen LogP contribution in [0.4, 0.5) is 5.82 Å². The maximum absolute atomic E-state index is 12.4. The van der Waals surface area contributed by atoms with Crippen molar-refractivity contribution < 1.29 is 4.79 Å². The van der Waals surface area contributed by atoms with Gasteiger partial charge in [-0.05, 0) is 43.5 Å². The summed E-state index contributed by atoms with van der Waals surface area (Å²) in [5.41, 5.74) is 3.05. The van der Waals surface area contributed by atoms with Gasteiger partial charge in [0.2, 0.25) is 5.91 Å². The van der Waals surface area contributed by atoms with Gasteiger partial charge in [-0.2, -0.15) is 0 Å². The smallest absolute Gasteiger partial charge is 0.236 e. The number of nitrogens with zero attached hydrogens (tertiary/aromatic N) is 8. The third-order valence-corrected chi connectivity index (χ3v) is 6.82. The molecule has 0 radical (unpaired) electrons. The van der Waals surface area contributed by atoms with E-state index >= 15 is 0 Å². The van der Waals surface area contributed by atoms with E-state index in [1.165, 1.54) is 0 Å². The van der Waals surface area contributed by atoms with Crippen LogP contribution in [0, 0.1) is 6.92 Å². The van der Waals surface area contributed by atoms with Crippen LogP contribution in [0.5, 0.6) is 0 Å². The van der Waals surface area contributed by atoms with Crippen molar-refractivity contribution in [3.8, 4) is 5.69 Å². The number of aryl methyl sites for hydroxylation is 1. The molecule has 9 nitrogen and oxygen atoms in total. The van der Waals surface area contributed by atoms with E-state index in [-0.39, 0.29) is 11.8 Å². The van der Waals surface area contributed by atoms with Gasteiger partial charge in [0.25, 0.3) is 0 Å². The molecule has 1 amide bonds. The van der Waals surface area contributed by atoms with Crippen LogP contribution in [-0.4, -0.2) is 74.2 Å². The summed E-state index contributed by atoms with van der Waals surface area (Å²) in [6.45, 7) is 5.24. The van der Waals surface area contributed by atoms with Gasteiger partial charge in [-0.1, -0.05) is 11.6 Å². The van der Waals surface area contributed by atoms with E-state index in [9.17, 15) is 4.79 Å². The third-order valence-electron chi connectivity index (χ3n) is 6.58. The lowest BCUT2D eigenvalue weighted by atomic mass is 9.95. The lowest BCUT2D eigenvalue weighted by Gasteiger charge is -2.32. The molecule has 178 valence electrons. The molecule has 4 heterocycles. The molecule has 1 fully saturated rings. The zero-order valence-corrected chi connectivity index (χ0v) is 20.5. The molecule has 2 aliphatic heterocycles. The Morgan fingerprint density at radius 3 is 2.68 bits per heavy atom. The van der Waals surface area contributed by atoms with Crippen LogP contribution in [0.2, 0.25) is 5.02 Å². The van der Waals surface area contributed by atoms with Crippen LogP contribution < -0.4 is 4.90 Å². The van der Waals surface area contributed by atoms with Crippen molar-refractivity contribution in [2.45, 2.75) is 38.8 Å². The number of halogens is 1. The van der Waals surface area contributed by atoms with Crippen LogP contribution in [0.3, 0.4) is 0 Å². The third kappa shape index (κ3) is 4.50. The van der Waals surface area contributed by atoms with E-state index in [0.717, 1.165) is 60.3 Å². The second-order valence-electron chi connectivity index (χ2n) is 9.30. The molecule has 5 rings (SSSR count). The summed E-state index contributed by atoms with van der Waals surface area (Å²) in [4.78, 5) is 27.4. The van der Waals surface area contributed by atoms with Crippen molar-refractivity contribution in [1.29, 1.82) is 0 Å². The largest absolute Gasteiger partial charge is 0.355 e. The van der Waals surface area contributed by atoms with Crippen LogP contribution in [-0.2, 0) is 17.9 Å². The number of aromatic nitrogens is 5. The minimum atomic E-state index is 0.0587. The molecule has 1 aromatic carbocycles. The lowest BCUT2D eigenvalue weighted by molar-refractivity contribution is -0.130. The monoisotopic (exact) mass is 480 g/mol. The number of carbonyl (C=O) groups is 1. The summed E-state index contributed by atoms with van der Waals surface area (Å²) < 4.78 is 2.19. The Hall–Kier alpha value is -3.04. The number of anilines is 1. The van der Waals surface area contributed by atoms with Crippen molar-refractivity contribution in [2.75, 3.05) is 38.6 Å². The van der Waals surface area contributed by atoms with Gasteiger partial charge in [-0.3, -0.25) is 19.2 Å². The molecule has 0 spiro atoms. The van der Waals surface area contributed by atoms with E-state index in [4.69, 9.17) is 11.6 Å². The van der Waals surface area contributed by atoms with Crippen molar-refractivity contribution in [1.82, 2.24) is 34.5 Å². The number of hydrogen-bond donors (Lipinski definition) is 0. The molecule has 0 atom stereocenters. The highest BCUT2D eigenvalue weighted by Gasteiger charge is 2.31. The molecule has 10 heteroatoms. The maximum atomic E-state index is 12.4. The van der Waals surface area contributed by atoms with E-state index < -0.39 is 0 Å². The van der Waals surface area contributed by atoms with Gasteiger partial charge in [0.15, 0.2) is 5.82 Å². The Bertz CT molecular complexity index is 1200. The second-order valence-corrected chi connectivity index (χ2v) is 9.73. The zero-order chi connectivity index (χ0) is 23.8. The number of carbonyl (C=O) groups excluding carboxylic acids is 1. The Kier molecular flexibility index (Phi) is 6.22. The molecule has 1 saturated heterocycles. The van der Waals surface area contributed by atoms with E-state index in [0.29, 0.717) is 24.7 Å². The molecule has 2 aromatic heterocycles. The Balaban J connectivity index is 1.43. The minimum Gasteiger partial charge on any atom is -0.355 e. The first-order chi connectivity index (χ1) is 16.4. The first kappa shape index (κ1) is 22.7. The normalized spacial score (nSPS) is 16.6. The number of benzene rings is 1. The number of fused-ring (bicyclic) bond motifs is 3. The zero-order valence-electron chi connectivity index (χ0n) is 19.8. The van der Waals surface area contributed by atoms with Gasteiger partial charge < -0.3 is 9.80 Å². The molecule has 0 bridgehead atoms. The van der Waals surface area contributed by atoms with Crippen LogP contribution in [0.1, 0.15) is 41.7 Å². The molecule has 34 heavy (non-hydrogen) atoms. The van der Waals surface area contributed by atoms with Crippen molar-refractivity contribution >= 4 is 23.3 Å². The molecular weight excluding hydrogens is 452 g/mol. The summed E-state index contributed by atoms with van der Waals surface area (Å²) in [5.74, 6) is 3.11. The van der Waals surface area contributed by atoms with E-state index in [2.05, 4.69) is 34.5 Å². The predicted molar refractivity (Wildman–Crippen MR) is 130 cm³/mol. The Labute approximate surface area is 204 Å². The molecule has 0 aliphatic carbocycles. The second kappa shape index (κ2) is 9.31. The fraction of sp³-hybridized carbons (Fsp3) is 0.458. The Morgan fingerprint density at radius 2 is 1.94 bits per heavy atom. The van der Waals surface area contributed by atoms with E-state index in [1.54, 1.807) is 25.2 Å².